The summed E-state index contributed by atoms with van der Waals surface area (Å²) in [5.41, 5.74) is 0.289. The molecule has 2 N–H and O–H groups in total. The van der Waals surface area contributed by atoms with Crippen LogP contribution in [0.2, 0.25) is 0 Å². The summed E-state index contributed by atoms with van der Waals surface area (Å²) in [6, 6.07) is 0. The second-order valence-electron chi connectivity index (χ2n) is 2.92. The van der Waals surface area contributed by atoms with Crippen molar-refractivity contribution in [1.29, 1.82) is 0 Å². The third kappa shape index (κ3) is 1.61. The molecule has 10 heavy (non-hydrogen) atoms. The summed E-state index contributed by atoms with van der Waals surface area (Å²) in [5.74, 6) is 0. The normalized spacial score (nSPS) is 18.1. The highest BCUT2D eigenvalue weighted by atomic mass is 16.3. The summed E-state index contributed by atoms with van der Waals surface area (Å²) in [6.45, 7) is 4.25. The molecular weight excluding hydrogens is 126 g/mol. The summed E-state index contributed by atoms with van der Waals surface area (Å²) in [4.78, 5) is 0. The van der Waals surface area contributed by atoms with E-state index < -0.39 is 5.60 Å². The standard InChI is InChI=1S/C8H12NO/c1-8(2,10)7-4-3-5-9-6-7/h3-4,9-10H,6H2,1-2H3. The van der Waals surface area contributed by atoms with Gasteiger partial charge in [0.1, 0.15) is 0 Å². The molecule has 1 aliphatic heterocycles. The van der Waals surface area contributed by atoms with Crippen molar-refractivity contribution in [1.82, 2.24) is 5.32 Å². The molecule has 0 aromatic rings. The van der Waals surface area contributed by atoms with Crippen LogP contribution < -0.4 is 5.32 Å². The molecule has 2 heteroatoms. The molecule has 2 nitrogen and oxygen atoms in total. The number of aliphatic hydroxyl groups is 1. The monoisotopic (exact) mass is 138 g/mol. The zero-order valence-corrected chi connectivity index (χ0v) is 6.31. The van der Waals surface area contributed by atoms with Gasteiger partial charge in [-0.1, -0.05) is 6.08 Å². The van der Waals surface area contributed by atoms with Crippen LogP contribution in [0.4, 0.5) is 0 Å². The van der Waals surface area contributed by atoms with Crippen molar-refractivity contribution in [2.75, 3.05) is 6.54 Å². The number of hydrogen-bond acceptors (Lipinski definition) is 2. The Labute approximate surface area is 61.3 Å². The van der Waals surface area contributed by atoms with Crippen LogP contribution in [0.1, 0.15) is 13.8 Å². The predicted octanol–water partition coefficient (Wildman–Crippen LogP) is 0.604. The van der Waals surface area contributed by atoms with Crippen LogP contribution in [-0.2, 0) is 0 Å². The molecule has 0 atom stereocenters. The first kappa shape index (κ1) is 7.35. The van der Waals surface area contributed by atoms with Crippen LogP contribution in [0, 0.1) is 6.20 Å². The fourth-order valence-corrected chi connectivity index (χ4v) is 0.827. The molecule has 0 amide bonds. The molecule has 0 saturated carbocycles. The minimum Gasteiger partial charge on any atom is -0.386 e. The SMILES string of the molecule is CC(C)(O)C1=CC=[C]NC1. The molecular formula is C8H12NO. The molecule has 0 unspecified atom stereocenters. The fraction of sp³-hybridized carbons (Fsp3) is 0.500. The molecule has 1 radical (unpaired) electrons. The van der Waals surface area contributed by atoms with Crippen LogP contribution in [0.5, 0.6) is 0 Å². The second-order valence-corrected chi connectivity index (χ2v) is 2.92. The Morgan fingerprint density at radius 3 is 2.70 bits per heavy atom. The van der Waals surface area contributed by atoms with Crippen molar-refractivity contribution in [3.05, 3.63) is 23.9 Å². The van der Waals surface area contributed by atoms with Gasteiger partial charge in [0.25, 0.3) is 0 Å². The molecule has 0 aromatic heterocycles. The van der Waals surface area contributed by atoms with E-state index in [-0.39, 0.29) is 0 Å². The molecule has 0 saturated heterocycles. The molecule has 1 heterocycles. The van der Waals surface area contributed by atoms with Gasteiger partial charge in [0, 0.05) is 6.54 Å². The lowest BCUT2D eigenvalue weighted by Gasteiger charge is -2.22. The minimum atomic E-state index is -0.703. The molecule has 55 valence electrons. The topological polar surface area (TPSA) is 32.3 Å². The van der Waals surface area contributed by atoms with Gasteiger partial charge < -0.3 is 10.4 Å². The Balaban J connectivity index is 2.72. The molecule has 0 bridgehead atoms. The largest absolute Gasteiger partial charge is 0.386 e. The number of hydrogen-bond donors (Lipinski definition) is 2. The third-order valence-electron chi connectivity index (χ3n) is 1.53. The number of allylic oxidation sites excluding steroid dienone is 2. The van der Waals surface area contributed by atoms with E-state index in [9.17, 15) is 5.11 Å². The first-order valence-corrected chi connectivity index (χ1v) is 3.34. The van der Waals surface area contributed by atoms with Gasteiger partial charge in [-0.3, -0.25) is 0 Å². The number of rotatable bonds is 1. The molecule has 0 fully saturated rings. The predicted molar refractivity (Wildman–Crippen MR) is 40.2 cm³/mol. The van der Waals surface area contributed by atoms with Gasteiger partial charge in [0.2, 0.25) is 0 Å². The lowest BCUT2D eigenvalue weighted by atomic mass is 9.97. The second kappa shape index (κ2) is 2.46. The molecule has 0 aromatic carbocycles. The van der Waals surface area contributed by atoms with E-state index in [1.54, 1.807) is 19.9 Å². The Bertz CT molecular complexity index is 174. The van der Waals surface area contributed by atoms with Gasteiger partial charge in [-0.05, 0) is 25.5 Å². The van der Waals surface area contributed by atoms with Gasteiger partial charge >= 0.3 is 0 Å². The highest BCUT2D eigenvalue weighted by Gasteiger charge is 2.18. The third-order valence-corrected chi connectivity index (χ3v) is 1.53. The Morgan fingerprint density at radius 2 is 2.40 bits per heavy atom. The minimum absolute atomic E-state index is 0.694. The van der Waals surface area contributed by atoms with Crippen molar-refractivity contribution in [2.24, 2.45) is 0 Å². The zero-order chi connectivity index (χ0) is 7.61. The number of nitrogens with one attached hydrogen (secondary N) is 1. The maximum Gasteiger partial charge on any atom is 0.0820 e. The molecule has 0 spiro atoms. The fourth-order valence-electron chi connectivity index (χ4n) is 0.827. The van der Waals surface area contributed by atoms with E-state index in [2.05, 4.69) is 11.5 Å². The van der Waals surface area contributed by atoms with Crippen LogP contribution in [0.25, 0.3) is 0 Å². The van der Waals surface area contributed by atoms with Crippen molar-refractivity contribution in [3.8, 4) is 0 Å². The summed E-state index contributed by atoms with van der Waals surface area (Å²) in [5, 5.41) is 12.4. The summed E-state index contributed by atoms with van der Waals surface area (Å²) in [6.07, 6.45) is 6.48. The van der Waals surface area contributed by atoms with E-state index in [4.69, 9.17) is 0 Å². The molecule has 0 aliphatic carbocycles. The molecule has 1 rings (SSSR count). The van der Waals surface area contributed by atoms with Crippen LogP contribution in [-0.4, -0.2) is 17.3 Å². The maximum absolute atomic E-state index is 9.49. The van der Waals surface area contributed by atoms with Gasteiger partial charge in [-0.25, -0.2) is 0 Å². The van der Waals surface area contributed by atoms with E-state index in [0.717, 1.165) is 5.57 Å². The first-order valence-electron chi connectivity index (χ1n) is 3.34. The Kier molecular flexibility index (Phi) is 1.81. The van der Waals surface area contributed by atoms with Crippen LogP contribution in [0.15, 0.2) is 17.7 Å². The van der Waals surface area contributed by atoms with E-state index in [1.807, 2.05) is 6.08 Å². The van der Waals surface area contributed by atoms with E-state index in [0.29, 0.717) is 6.54 Å². The van der Waals surface area contributed by atoms with Crippen molar-refractivity contribution in [2.45, 2.75) is 19.4 Å². The van der Waals surface area contributed by atoms with E-state index in [1.165, 1.54) is 0 Å². The Hall–Kier alpha value is -0.760. The van der Waals surface area contributed by atoms with Gasteiger partial charge in [-0.2, -0.15) is 0 Å². The summed E-state index contributed by atoms with van der Waals surface area (Å²) < 4.78 is 0. The molecule has 1 aliphatic rings. The lowest BCUT2D eigenvalue weighted by Crippen LogP contribution is -2.29. The van der Waals surface area contributed by atoms with Gasteiger partial charge in [0.05, 0.1) is 11.8 Å². The average molecular weight is 138 g/mol. The highest BCUT2D eigenvalue weighted by molar-refractivity contribution is 5.23. The average Bonchev–Trinajstić information content (AvgIpc) is 1.88. The number of dihydropyridines is 1. The van der Waals surface area contributed by atoms with Gasteiger partial charge in [-0.15, -0.1) is 0 Å². The lowest BCUT2D eigenvalue weighted by molar-refractivity contribution is 0.117. The van der Waals surface area contributed by atoms with Crippen molar-refractivity contribution >= 4 is 0 Å². The van der Waals surface area contributed by atoms with Gasteiger partial charge in [0.15, 0.2) is 0 Å². The quantitative estimate of drug-likeness (QED) is 0.556. The maximum atomic E-state index is 9.49. The Morgan fingerprint density at radius 1 is 1.70 bits per heavy atom. The van der Waals surface area contributed by atoms with E-state index >= 15 is 0 Å². The highest BCUT2D eigenvalue weighted by Crippen LogP contribution is 2.15. The summed E-state index contributed by atoms with van der Waals surface area (Å²) in [7, 11) is 0. The smallest absolute Gasteiger partial charge is 0.0820 e. The van der Waals surface area contributed by atoms with Crippen molar-refractivity contribution in [3.63, 3.8) is 0 Å². The summed E-state index contributed by atoms with van der Waals surface area (Å²) >= 11 is 0. The van der Waals surface area contributed by atoms with Crippen molar-refractivity contribution < 1.29 is 5.11 Å². The van der Waals surface area contributed by atoms with Crippen LogP contribution in [0.3, 0.4) is 0 Å². The first-order chi connectivity index (χ1) is 4.61. The van der Waals surface area contributed by atoms with Crippen LogP contribution >= 0.6 is 0 Å². The zero-order valence-electron chi connectivity index (χ0n) is 6.31.